The van der Waals surface area contributed by atoms with Crippen LogP contribution in [-0.4, -0.2) is 21.2 Å². The molecule has 2 aromatic carbocycles. The van der Waals surface area contributed by atoms with Crippen LogP contribution in [0.1, 0.15) is 29.7 Å². The Bertz CT molecular complexity index is 889. The lowest BCUT2D eigenvalue weighted by atomic mass is 10.1. The molecule has 0 aliphatic heterocycles. The van der Waals surface area contributed by atoms with E-state index in [-0.39, 0.29) is 11.9 Å². The molecule has 134 valence electrons. The maximum Gasteiger partial charge on any atom is 0.230 e. The molecule has 1 atom stereocenters. The number of aromatic nitrogens is 2. The van der Waals surface area contributed by atoms with E-state index in [1.165, 1.54) is 22.9 Å². The summed E-state index contributed by atoms with van der Waals surface area (Å²) in [6.07, 6.45) is 3.70. The Balaban J connectivity index is 1.64. The second-order valence-corrected chi connectivity index (χ2v) is 7.30. The highest BCUT2D eigenvalue weighted by Crippen LogP contribution is 2.23. The highest BCUT2D eigenvalue weighted by molar-refractivity contribution is 7.99. The fourth-order valence-corrected chi connectivity index (χ4v) is 3.67. The van der Waals surface area contributed by atoms with Gasteiger partial charge in [-0.15, -0.1) is 0 Å². The number of imidazole rings is 1. The summed E-state index contributed by atoms with van der Waals surface area (Å²) in [4.78, 5) is 16.7. The maximum absolute atomic E-state index is 12.3. The Morgan fingerprint density at radius 2 is 1.96 bits per heavy atom. The number of aryl methyl sites for hydroxylation is 2. The molecule has 0 bridgehead atoms. The number of amides is 1. The van der Waals surface area contributed by atoms with Crippen LogP contribution in [0.3, 0.4) is 0 Å². The van der Waals surface area contributed by atoms with E-state index in [4.69, 9.17) is 0 Å². The molecule has 0 radical (unpaired) electrons. The molecule has 0 aliphatic rings. The normalized spacial score (nSPS) is 12.0. The second-order valence-electron chi connectivity index (χ2n) is 6.36. The molecule has 0 saturated heterocycles. The van der Waals surface area contributed by atoms with Crippen molar-refractivity contribution >= 4 is 17.7 Å². The van der Waals surface area contributed by atoms with E-state index >= 15 is 0 Å². The molecule has 0 aliphatic carbocycles. The number of hydrogen-bond donors (Lipinski definition) is 1. The quantitative estimate of drug-likeness (QED) is 0.656. The van der Waals surface area contributed by atoms with Gasteiger partial charge in [-0.05, 0) is 38.0 Å². The minimum absolute atomic E-state index is 0.00142. The van der Waals surface area contributed by atoms with E-state index in [0.717, 1.165) is 16.4 Å². The predicted molar refractivity (Wildman–Crippen MR) is 107 cm³/mol. The van der Waals surface area contributed by atoms with Gasteiger partial charge in [0.15, 0.2) is 5.16 Å². The van der Waals surface area contributed by atoms with Crippen LogP contribution in [0.25, 0.3) is 5.69 Å². The van der Waals surface area contributed by atoms with Gasteiger partial charge in [-0.1, -0.05) is 59.8 Å². The summed E-state index contributed by atoms with van der Waals surface area (Å²) in [6.45, 7) is 6.16. The Morgan fingerprint density at radius 3 is 2.69 bits per heavy atom. The molecule has 1 heterocycles. The van der Waals surface area contributed by atoms with Gasteiger partial charge in [0.25, 0.3) is 0 Å². The zero-order chi connectivity index (χ0) is 18.5. The largest absolute Gasteiger partial charge is 0.349 e. The zero-order valence-electron chi connectivity index (χ0n) is 15.3. The first-order chi connectivity index (χ1) is 12.5. The third-order valence-corrected chi connectivity index (χ3v) is 5.19. The lowest BCUT2D eigenvalue weighted by Crippen LogP contribution is -2.28. The number of rotatable bonds is 6. The number of nitrogens with one attached hydrogen (secondary N) is 1. The average molecular weight is 366 g/mol. The number of carbonyl (C=O) groups is 1. The van der Waals surface area contributed by atoms with Crippen molar-refractivity contribution < 1.29 is 4.79 Å². The summed E-state index contributed by atoms with van der Waals surface area (Å²) in [7, 11) is 0. The molecule has 26 heavy (non-hydrogen) atoms. The molecule has 1 N–H and O–H groups in total. The van der Waals surface area contributed by atoms with E-state index in [2.05, 4.69) is 42.3 Å². The van der Waals surface area contributed by atoms with Crippen LogP contribution >= 0.6 is 11.8 Å². The van der Waals surface area contributed by atoms with E-state index in [1.54, 1.807) is 6.20 Å². The van der Waals surface area contributed by atoms with Crippen LogP contribution in [0.2, 0.25) is 0 Å². The zero-order valence-corrected chi connectivity index (χ0v) is 16.1. The number of nitrogens with zero attached hydrogens (tertiary/aromatic N) is 2. The molecule has 5 heteroatoms. The number of thioether (sulfide) groups is 1. The van der Waals surface area contributed by atoms with Crippen molar-refractivity contribution in [1.29, 1.82) is 0 Å². The number of carbonyl (C=O) groups excluding carboxylic acids is 1. The monoisotopic (exact) mass is 365 g/mol. The summed E-state index contributed by atoms with van der Waals surface area (Å²) < 4.78 is 2.04. The Hall–Kier alpha value is -2.53. The average Bonchev–Trinajstić information content (AvgIpc) is 3.09. The van der Waals surface area contributed by atoms with Gasteiger partial charge in [0.1, 0.15) is 0 Å². The molecule has 3 aromatic rings. The molecule has 1 unspecified atom stereocenters. The van der Waals surface area contributed by atoms with Crippen molar-refractivity contribution in [3.8, 4) is 5.69 Å². The van der Waals surface area contributed by atoms with Crippen LogP contribution in [0.4, 0.5) is 0 Å². The molecule has 3 rings (SSSR count). The number of hydrogen-bond acceptors (Lipinski definition) is 3. The first kappa shape index (κ1) is 18.3. The Morgan fingerprint density at radius 1 is 1.19 bits per heavy atom. The van der Waals surface area contributed by atoms with E-state index in [1.807, 2.05) is 48.0 Å². The van der Waals surface area contributed by atoms with Gasteiger partial charge in [0.05, 0.1) is 17.5 Å². The molecule has 4 nitrogen and oxygen atoms in total. The highest BCUT2D eigenvalue weighted by Gasteiger charge is 2.13. The molecular weight excluding hydrogens is 342 g/mol. The van der Waals surface area contributed by atoms with E-state index in [0.29, 0.717) is 5.75 Å². The molecule has 1 amide bonds. The van der Waals surface area contributed by atoms with Crippen LogP contribution < -0.4 is 5.32 Å². The first-order valence-electron chi connectivity index (χ1n) is 8.62. The van der Waals surface area contributed by atoms with Gasteiger partial charge in [-0.25, -0.2) is 4.98 Å². The minimum Gasteiger partial charge on any atom is -0.349 e. The standard InChI is InChI=1S/C21H23N3OS/c1-15-9-10-19(16(2)13-15)24-12-11-22-21(24)26-14-20(25)23-17(3)18-7-5-4-6-8-18/h4-13,17H,14H2,1-3H3,(H,23,25). The van der Waals surface area contributed by atoms with E-state index in [9.17, 15) is 4.79 Å². The summed E-state index contributed by atoms with van der Waals surface area (Å²) in [6, 6.07) is 16.3. The summed E-state index contributed by atoms with van der Waals surface area (Å²) in [5, 5.41) is 3.86. The fourth-order valence-electron chi connectivity index (χ4n) is 2.89. The molecule has 1 aromatic heterocycles. The SMILES string of the molecule is Cc1ccc(-n2ccnc2SCC(=O)NC(C)c2ccccc2)c(C)c1. The van der Waals surface area contributed by atoms with Crippen LogP contribution in [0, 0.1) is 13.8 Å². The Labute approximate surface area is 158 Å². The summed E-state index contributed by atoms with van der Waals surface area (Å²) in [5.41, 5.74) is 4.61. The molecule has 0 fully saturated rings. The van der Waals surface area contributed by atoms with E-state index < -0.39 is 0 Å². The van der Waals surface area contributed by atoms with Crippen molar-refractivity contribution in [2.45, 2.75) is 32.0 Å². The third kappa shape index (κ3) is 4.35. The predicted octanol–water partition coefficient (Wildman–Crippen LogP) is 4.46. The minimum atomic E-state index is -0.0108. The van der Waals surface area contributed by atoms with Gasteiger partial charge < -0.3 is 5.32 Å². The summed E-state index contributed by atoms with van der Waals surface area (Å²) >= 11 is 1.45. The lowest BCUT2D eigenvalue weighted by Gasteiger charge is -2.14. The van der Waals surface area contributed by atoms with Gasteiger partial charge in [0.2, 0.25) is 5.91 Å². The molecule has 0 spiro atoms. The van der Waals surface area contributed by atoms with Crippen molar-refractivity contribution in [3.63, 3.8) is 0 Å². The van der Waals surface area contributed by atoms with Crippen molar-refractivity contribution in [2.24, 2.45) is 0 Å². The van der Waals surface area contributed by atoms with Crippen molar-refractivity contribution in [1.82, 2.24) is 14.9 Å². The van der Waals surface area contributed by atoms with Gasteiger partial charge >= 0.3 is 0 Å². The van der Waals surface area contributed by atoms with Crippen molar-refractivity contribution in [3.05, 3.63) is 77.6 Å². The van der Waals surface area contributed by atoms with Crippen molar-refractivity contribution in [2.75, 3.05) is 5.75 Å². The summed E-state index contributed by atoms with van der Waals surface area (Å²) in [5.74, 6) is 0.334. The van der Waals surface area contributed by atoms with Gasteiger partial charge in [-0.2, -0.15) is 0 Å². The van der Waals surface area contributed by atoms with Crippen LogP contribution in [-0.2, 0) is 4.79 Å². The fraction of sp³-hybridized carbons (Fsp3) is 0.238. The van der Waals surface area contributed by atoms with Crippen LogP contribution in [0.15, 0.2) is 66.1 Å². The second kappa shape index (κ2) is 8.23. The Kier molecular flexibility index (Phi) is 5.78. The topological polar surface area (TPSA) is 46.9 Å². The molecule has 0 saturated carbocycles. The smallest absolute Gasteiger partial charge is 0.230 e. The molecular formula is C21H23N3OS. The highest BCUT2D eigenvalue weighted by atomic mass is 32.2. The van der Waals surface area contributed by atoms with Crippen LogP contribution in [0.5, 0.6) is 0 Å². The first-order valence-corrected chi connectivity index (χ1v) is 9.61. The van der Waals surface area contributed by atoms with Gasteiger partial charge in [-0.3, -0.25) is 9.36 Å². The maximum atomic E-state index is 12.3. The van der Waals surface area contributed by atoms with Gasteiger partial charge in [0, 0.05) is 12.4 Å². The lowest BCUT2D eigenvalue weighted by molar-refractivity contribution is -0.119. The number of benzene rings is 2. The third-order valence-electron chi connectivity index (χ3n) is 4.23.